The van der Waals surface area contributed by atoms with Crippen LogP contribution >= 0.6 is 11.6 Å². The maximum Gasteiger partial charge on any atom is 0.295 e. The predicted octanol–water partition coefficient (Wildman–Crippen LogP) is 5.28. The number of aliphatic hydroxyl groups excluding tert-OH is 1. The fourth-order valence-electron chi connectivity index (χ4n) is 4.05. The molecule has 2 aromatic carbocycles. The predicted molar refractivity (Wildman–Crippen MR) is 124 cm³/mol. The summed E-state index contributed by atoms with van der Waals surface area (Å²) in [7, 11) is 2.92. The van der Waals surface area contributed by atoms with Crippen LogP contribution in [-0.4, -0.2) is 42.5 Å². The van der Waals surface area contributed by atoms with E-state index >= 15 is 0 Å². The molecule has 3 rings (SSSR count). The molecule has 1 saturated heterocycles. The van der Waals surface area contributed by atoms with Crippen molar-refractivity contribution in [1.82, 2.24) is 4.90 Å². The van der Waals surface area contributed by atoms with Crippen molar-refractivity contribution in [1.29, 1.82) is 0 Å². The van der Waals surface area contributed by atoms with Gasteiger partial charge in [-0.05, 0) is 30.5 Å². The van der Waals surface area contributed by atoms with Crippen LogP contribution in [0.4, 0.5) is 0 Å². The summed E-state index contributed by atoms with van der Waals surface area (Å²) >= 11 is 6.29. The van der Waals surface area contributed by atoms with Crippen LogP contribution < -0.4 is 9.47 Å². The van der Waals surface area contributed by atoms with Gasteiger partial charge < -0.3 is 19.5 Å². The van der Waals surface area contributed by atoms with Crippen LogP contribution in [-0.2, 0) is 9.59 Å². The van der Waals surface area contributed by atoms with Crippen LogP contribution in [0, 0.1) is 6.92 Å². The number of rotatable bonds is 8. The van der Waals surface area contributed by atoms with E-state index in [1.165, 1.54) is 26.4 Å². The Balaban J connectivity index is 2.23. The SMILES string of the molecule is CCCCCN1C(=O)C(=O)/C(=C(/O)c2cc(Cl)c(OC)cc2OC)C1c1ccccc1C. The molecule has 1 amide bonds. The van der Waals surface area contributed by atoms with Gasteiger partial charge in [0.2, 0.25) is 0 Å². The number of aliphatic hydroxyl groups is 1. The normalized spacial score (nSPS) is 17.7. The van der Waals surface area contributed by atoms with Crippen LogP contribution in [0.15, 0.2) is 42.0 Å². The third kappa shape index (κ3) is 4.32. The molecule has 0 spiro atoms. The Morgan fingerprint density at radius 2 is 1.78 bits per heavy atom. The molecule has 1 N–H and O–H groups in total. The van der Waals surface area contributed by atoms with E-state index < -0.39 is 17.7 Å². The Bertz CT molecular complexity index is 1060. The van der Waals surface area contributed by atoms with Crippen molar-refractivity contribution in [3.05, 3.63) is 63.7 Å². The first kappa shape index (κ1) is 23.7. The van der Waals surface area contributed by atoms with Crippen molar-refractivity contribution in [2.75, 3.05) is 20.8 Å². The molecule has 7 heteroatoms. The second kappa shape index (κ2) is 10.1. The summed E-state index contributed by atoms with van der Waals surface area (Å²) < 4.78 is 10.6. The van der Waals surface area contributed by atoms with Gasteiger partial charge in [-0.25, -0.2) is 0 Å². The van der Waals surface area contributed by atoms with Crippen LogP contribution in [0.1, 0.15) is 48.9 Å². The summed E-state index contributed by atoms with van der Waals surface area (Å²) in [6, 6.07) is 9.88. The van der Waals surface area contributed by atoms with Gasteiger partial charge in [0.05, 0.1) is 36.4 Å². The van der Waals surface area contributed by atoms with E-state index in [0.717, 1.165) is 30.4 Å². The number of hydrogen-bond acceptors (Lipinski definition) is 5. The zero-order valence-electron chi connectivity index (χ0n) is 18.8. The molecular weight excluding hydrogens is 430 g/mol. The van der Waals surface area contributed by atoms with E-state index in [4.69, 9.17) is 21.1 Å². The van der Waals surface area contributed by atoms with Crippen molar-refractivity contribution in [3.8, 4) is 11.5 Å². The molecule has 1 atom stereocenters. The van der Waals surface area contributed by atoms with Gasteiger partial charge >= 0.3 is 0 Å². The molecular formula is C25H28ClNO5. The Morgan fingerprint density at radius 1 is 1.09 bits per heavy atom. The Kier molecular flexibility index (Phi) is 7.46. The minimum Gasteiger partial charge on any atom is -0.507 e. The lowest BCUT2D eigenvalue weighted by molar-refractivity contribution is -0.139. The summed E-state index contributed by atoms with van der Waals surface area (Å²) in [6.45, 7) is 4.42. The summed E-state index contributed by atoms with van der Waals surface area (Å²) in [5, 5.41) is 11.6. The molecule has 1 fully saturated rings. The largest absolute Gasteiger partial charge is 0.507 e. The lowest BCUT2D eigenvalue weighted by atomic mass is 9.92. The van der Waals surface area contributed by atoms with Gasteiger partial charge in [-0.15, -0.1) is 0 Å². The second-order valence-electron chi connectivity index (χ2n) is 7.74. The topological polar surface area (TPSA) is 76.1 Å². The van der Waals surface area contributed by atoms with Crippen LogP contribution in [0.5, 0.6) is 11.5 Å². The Morgan fingerprint density at radius 3 is 2.41 bits per heavy atom. The van der Waals surface area contributed by atoms with E-state index in [2.05, 4.69) is 6.92 Å². The number of carbonyl (C=O) groups is 2. The molecule has 0 bridgehead atoms. The fraction of sp³-hybridized carbons (Fsp3) is 0.360. The average Bonchev–Trinajstić information content (AvgIpc) is 3.03. The van der Waals surface area contributed by atoms with Gasteiger partial charge in [0.25, 0.3) is 11.7 Å². The van der Waals surface area contributed by atoms with Crippen LogP contribution in [0.3, 0.4) is 0 Å². The zero-order valence-corrected chi connectivity index (χ0v) is 19.5. The maximum atomic E-state index is 13.2. The van der Waals surface area contributed by atoms with Crippen molar-refractivity contribution in [2.24, 2.45) is 0 Å². The third-order valence-corrected chi connectivity index (χ3v) is 6.05. The highest BCUT2D eigenvalue weighted by molar-refractivity contribution is 6.46. The van der Waals surface area contributed by atoms with Crippen molar-refractivity contribution in [2.45, 2.75) is 39.2 Å². The summed E-state index contributed by atoms with van der Waals surface area (Å²) in [4.78, 5) is 27.7. The minimum atomic E-state index is -0.721. The maximum absolute atomic E-state index is 13.2. The van der Waals surface area contributed by atoms with E-state index in [9.17, 15) is 14.7 Å². The average molecular weight is 458 g/mol. The highest BCUT2D eigenvalue weighted by atomic mass is 35.5. The van der Waals surface area contributed by atoms with E-state index in [0.29, 0.717) is 12.3 Å². The van der Waals surface area contributed by atoms with Crippen molar-refractivity contribution < 1.29 is 24.2 Å². The number of amides is 1. The van der Waals surface area contributed by atoms with Crippen LogP contribution in [0.2, 0.25) is 5.02 Å². The first-order chi connectivity index (χ1) is 15.3. The summed E-state index contributed by atoms with van der Waals surface area (Å²) in [5.41, 5.74) is 1.97. The van der Waals surface area contributed by atoms with Crippen LogP contribution in [0.25, 0.3) is 5.76 Å². The molecule has 0 saturated carbocycles. The number of aryl methyl sites for hydroxylation is 1. The molecule has 1 unspecified atom stereocenters. The number of carbonyl (C=O) groups excluding carboxylic acids is 2. The number of ether oxygens (including phenoxy) is 2. The first-order valence-corrected chi connectivity index (χ1v) is 11.0. The monoisotopic (exact) mass is 457 g/mol. The van der Waals surface area contributed by atoms with Gasteiger partial charge in [0.1, 0.15) is 17.3 Å². The fourth-order valence-corrected chi connectivity index (χ4v) is 4.29. The standard InChI is InChI=1S/C25H28ClNO5/c1-5-6-9-12-27-22(16-11-8-7-10-15(16)2)21(24(29)25(27)30)23(28)17-13-18(26)20(32-4)14-19(17)31-3/h7-8,10-11,13-14,22,28H,5-6,9,12H2,1-4H3/b23-21+. The highest BCUT2D eigenvalue weighted by Crippen LogP contribution is 2.43. The molecule has 1 aliphatic rings. The van der Waals surface area contributed by atoms with Crippen molar-refractivity contribution in [3.63, 3.8) is 0 Å². The van der Waals surface area contributed by atoms with Gasteiger partial charge in [0, 0.05) is 12.6 Å². The minimum absolute atomic E-state index is 0.0281. The van der Waals surface area contributed by atoms with Gasteiger partial charge in [-0.2, -0.15) is 0 Å². The lowest BCUT2D eigenvalue weighted by Crippen LogP contribution is -2.31. The number of unbranched alkanes of at least 4 members (excludes halogenated alkanes) is 2. The molecule has 170 valence electrons. The molecule has 2 aromatic rings. The number of likely N-dealkylation sites (tertiary alicyclic amines) is 1. The number of halogens is 1. The van der Waals surface area contributed by atoms with Gasteiger partial charge in [0.15, 0.2) is 0 Å². The molecule has 0 radical (unpaired) electrons. The van der Waals surface area contributed by atoms with Gasteiger partial charge in [-0.3, -0.25) is 9.59 Å². The van der Waals surface area contributed by atoms with E-state index in [1.54, 1.807) is 4.90 Å². The lowest BCUT2D eigenvalue weighted by Gasteiger charge is -2.26. The second-order valence-corrected chi connectivity index (χ2v) is 8.15. The number of hydrogen-bond donors (Lipinski definition) is 1. The highest BCUT2D eigenvalue weighted by Gasteiger charge is 2.46. The molecule has 6 nitrogen and oxygen atoms in total. The van der Waals surface area contributed by atoms with Gasteiger partial charge in [-0.1, -0.05) is 55.6 Å². The molecule has 1 heterocycles. The Hall–Kier alpha value is -2.99. The van der Waals surface area contributed by atoms with Crippen molar-refractivity contribution >= 4 is 29.1 Å². The summed E-state index contributed by atoms with van der Waals surface area (Å²) in [6.07, 6.45) is 2.69. The summed E-state index contributed by atoms with van der Waals surface area (Å²) in [5.74, 6) is -1.01. The number of benzene rings is 2. The Labute approximate surface area is 193 Å². The number of ketones is 1. The zero-order chi connectivity index (χ0) is 23.4. The number of methoxy groups -OCH3 is 2. The van der Waals surface area contributed by atoms with E-state index in [1.807, 2.05) is 31.2 Å². The van der Waals surface area contributed by atoms with E-state index in [-0.39, 0.29) is 27.7 Å². The first-order valence-electron chi connectivity index (χ1n) is 10.6. The molecule has 32 heavy (non-hydrogen) atoms. The quantitative estimate of drug-likeness (QED) is 0.252. The third-order valence-electron chi connectivity index (χ3n) is 5.75. The molecule has 0 aliphatic carbocycles. The number of nitrogens with zero attached hydrogens (tertiary/aromatic N) is 1. The smallest absolute Gasteiger partial charge is 0.295 e. The molecule has 1 aliphatic heterocycles. The number of Topliss-reactive ketones (excluding diaryl/α,β-unsaturated/α-hetero) is 1. The molecule has 0 aromatic heterocycles.